The van der Waals surface area contributed by atoms with Crippen molar-refractivity contribution in [3.8, 4) is 0 Å². The molecule has 3 amide bonds. The van der Waals surface area contributed by atoms with Crippen molar-refractivity contribution in [2.45, 2.75) is 51.8 Å². The molecule has 3 rings (SSSR count). The molecule has 7 nitrogen and oxygen atoms in total. The van der Waals surface area contributed by atoms with Crippen molar-refractivity contribution < 1.29 is 19.5 Å². The highest BCUT2D eigenvalue weighted by Gasteiger charge is 2.28. The number of aliphatic hydroxyl groups excluding tert-OH is 1. The average molecular weight is 516 g/mol. The van der Waals surface area contributed by atoms with Gasteiger partial charge in [-0.3, -0.25) is 14.4 Å². The second-order valence-corrected chi connectivity index (χ2v) is 9.29. The number of benzene rings is 3. The van der Waals surface area contributed by atoms with E-state index >= 15 is 0 Å². The van der Waals surface area contributed by atoms with E-state index in [9.17, 15) is 19.5 Å². The van der Waals surface area contributed by atoms with E-state index in [1.165, 1.54) is 0 Å². The summed E-state index contributed by atoms with van der Waals surface area (Å²) in [5.74, 6) is -1.16. The van der Waals surface area contributed by atoms with Crippen molar-refractivity contribution in [2.24, 2.45) is 0 Å². The third-order valence-corrected chi connectivity index (χ3v) is 6.22. The van der Waals surface area contributed by atoms with E-state index in [2.05, 4.69) is 10.6 Å². The van der Waals surface area contributed by atoms with Crippen LogP contribution in [-0.4, -0.2) is 53.0 Å². The van der Waals surface area contributed by atoms with E-state index < -0.39 is 24.0 Å². The summed E-state index contributed by atoms with van der Waals surface area (Å²) >= 11 is 0. The van der Waals surface area contributed by atoms with Crippen molar-refractivity contribution >= 4 is 17.7 Å². The maximum Gasteiger partial charge on any atom is 0.253 e. The molecule has 2 atom stereocenters. The number of aliphatic hydroxyl groups is 1. The lowest BCUT2D eigenvalue weighted by Gasteiger charge is -2.24. The number of rotatable bonds is 13. The van der Waals surface area contributed by atoms with Crippen LogP contribution in [-0.2, 0) is 17.8 Å². The van der Waals surface area contributed by atoms with E-state index in [4.69, 9.17) is 0 Å². The summed E-state index contributed by atoms with van der Waals surface area (Å²) in [6.07, 6.45) is 0.470. The van der Waals surface area contributed by atoms with Crippen molar-refractivity contribution in [3.63, 3.8) is 0 Å². The van der Waals surface area contributed by atoms with Crippen LogP contribution >= 0.6 is 0 Å². The minimum atomic E-state index is -1.47. The number of carbonyl (C=O) groups excluding carboxylic acids is 3. The molecule has 0 spiro atoms. The van der Waals surface area contributed by atoms with Gasteiger partial charge in [0.25, 0.3) is 17.7 Å². The molecule has 0 saturated heterocycles. The molecule has 0 saturated carbocycles. The first-order valence-corrected chi connectivity index (χ1v) is 13.2. The molecule has 0 aromatic heterocycles. The molecule has 38 heavy (non-hydrogen) atoms. The van der Waals surface area contributed by atoms with Crippen molar-refractivity contribution in [1.82, 2.24) is 15.5 Å². The summed E-state index contributed by atoms with van der Waals surface area (Å²) in [6, 6.07) is 24.4. The molecule has 3 aromatic carbocycles. The fourth-order valence-electron chi connectivity index (χ4n) is 4.26. The minimum Gasteiger partial charge on any atom is -0.381 e. The summed E-state index contributed by atoms with van der Waals surface area (Å²) in [7, 11) is 0. The molecule has 0 fully saturated rings. The molecule has 7 heteroatoms. The van der Waals surface area contributed by atoms with Gasteiger partial charge in [0.2, 0.25) is 0 Å². The zero-order chi connectivity index (χ0) is 27.3. The zero-order valence-electron chi connectivity index (χ0n) is 22.1. The Labute approximate surface area is 224 Å². The third-order valence-electron chi connectivity index (χ3n) is 6.22. The highest BCUT2D eigenvalue weighted by Crippen LogP contribution is 2.13. The topological polar surface area (TPSA) is 98.7 Å². The molecule has 3 N–H and O–H groups in total. The van der Waals surface area contributed by atoms with Gasteiger partial charge in [-0.05, 0) is 48.6 Å². The monoisotopic (exact) mass is 515 g/mol. The Morgan fingerprint density at radius 2 is 1.37 bits per heavy atom. The van der Waals surface area contributed by atoms with Crippen molar-refractivity contribution in [3.05, 3.63) is 107 Å². The largest absolute Gasteiger partial charge is 0.381 e. The molecule has 0 aliphatic heterocycles. The minimum absolute atomic E-state index is 0.121. The summed E-state index contributed by atoms with van der Waals surface area (Å²) < 4.78 is 0. The van der Waals surface area contributed by atoms with Gasteiger partial charge < -0.3 is 20.6 Å². The van der Waals surface area contributed by atoms with Gasteiger partial charge in [-0.25, -0.2) is 0 Å². The van der Waals surface area contributed by atoms with E-state index in [1.54, 1.807) is 29.2 Å². The van der Waals surface area contributed by atoms with Gasteiger partial charge >= 0.3 is 0 Å². The number of amides is 3. The Kier molecular flexibility index (Phi) is 11.1. The fourth-order valence-corrected chi connectivity index (χ4v) is 4.26. The maximum absolute atomic E-state index is 13.3. The van der Waals surface area contributed by atoms with Gasteiger partial charge in [0.05, 0.1) is 6.04 Å². The van der Waals surface area contributed by atoms with Crippen molar-refractivity contribution in [2.75, 3.05) is 13.1 Å². The van der Waals surface area contributed by atoms with Crippen LogP contribution < -0.4 is 10.6 Å². The molecule has 3 aromatic rings. The number of hydrogen-bond donors (Lipinski definition) is 3. The van der Waals surface area contributed by atoms with E-state index in [-0.39, 0.29) is 18.9 Å². The van der Waals surface area contributed by atoms with E-state index in [0.29, 0.717) is 24.2 Å². The number of carbonyl (C=O) groups is 3. The molecule has 1 unspecified atom stereocenters. The van der Waals surface area contributed by atoms with Gasteiger partial charge in [-0.15, -0.1) is 0 Å². The number of hydrogen-bond acceptors (Lipinski definition) is 4. The Bertz CT molecular complexity index is 1180. The summed E-state index contributed by atoms with van der Waals surface area (Å²) in [4.78, 5) is 41.0. The zero-order valence-corrected chi connectivity index (χ0v) is 22.1. The van der Waals surface area contributed by atoms with Crippen LogP contribution in [0, 0.1) is 0 Å². The molecule has 0 aliphatic carbocycles. The third kappa shape index (κ3) is 8.28. The Morgan fingerprint density at radius 1 is 0.789 bits per heavy atom. The first-order chi connectivity index (χ1) is 18.4. The van der Waals surface area contributed by atoms with Crippen molar-refractivity contribution in [1.29, 1.82) is 0 Å². The Hall–Kier alpha value is -3.97. The first kappa shape index (κ1) is 28.6. The summed E-state index contributed by atoms with van der Waals surface area (Å²) in [6.45, 7) is 5.60. The maximum atomic E-state index is 13.3. The van der Waals surface area contributed by atoms with Crippen LogP contribution in [0.3, 0.4) is 0 Å². The summed E-state index contributed by atoms with van der Waals surface area (Å²) in [5, 5.41) is 16.5. The molecule has 0 heterocycles. The normalized spacial score (nSPS) is 12.3. The predicted molar refractivity (Wildman–Crippen MR) is 149 cm³/mol. The Morgan fingerprint density at radius 3 is 1.97 bits per heavy atom. The molecule has 0 aliphatic rings. The molecule has 0 radical (unpaired) electrons. The van der Waals surface area contributed by atoms with Crippen LogP contribution in [0.4, 0.5) is 0 Å². The van der Waals surface area contributed by atoms with Crippen LogP contribution in [0.25, 0.3) is 0 Å². The van der Waals surface area contributed by atoms with E-state index in [1.807, 2.05) is 74.5 Å². The van der Waals surface area contributed by atoms with Gasteiger partial charge in [0.1, 0.15) is 0 Å². The quantitative estimate of drug-likeness (QED) is 0.321. The van der Waals surface area contributed by atoms with Crippen LogP contribution in [0.15, 0.2) is 84.9 Å². The first-order valence-electron chi connectivity index (χ1n) is 13.2. The van der Waals surface area contributed by atoms with Gasteiger partial charge in [-0.1, -0.05) is 80.6 Å². The number of nitrogens with zero attached hydrogens (tertiary/aromatic N) is 1. The smallest absolute Gasteiger partial charge is 0.253 e. The standard InChI is InChI=1S/C31H37N3O4/c1-3-18-34(19-4-2)31(38)26-17-11-16-25(21-26)29(36)33-27(20-23-12-7-5-8-13-23)28(35)30(37)32-22-24-14-9-6-10-15-24/h5-17,21,27-28,35H,3-4,18-20,22H2,1-2H3,(H,32,37)(H,33,36)/t27-,28?/m0/s1. The van der Waals surface area contributed by atoms with Crippen LogP contribution in [0.5, 0.6) is 0 Å². The fraction of sp³-hybridized carbons (Fsp3) is 0.323. The van der Waals surface area contributed by atoms with Gasteiger partial charge in [0.15, 0.2) is 6.10 Å². The van der Waals surface area contributed by atoms with Gasteiger partial charge in [0, 0.05) is 30.8 Å². The average Bonchev–Trinajstić information content (AvgIpc) is 2.95. The second kappa shape index (κ2) is 14.7. The second-order valence-electron chi connectivity index (χ2n) is 9.29. The lowest BCUT2D eigenvalue weighted by atomic mass is 9.99. The lowest BCUT2D eigenvalue weighted by molar-refractivity contribution is -0.130. The predicted octanol–water partition coefficient (Wildman–Crippen LogP) is 3.97. The van der Waals surface area contributed by atoms with Crippen LogP contribution in [0.2, 0.25) is 0 Å². The summed E-state index contributed by atoms with van der Waals surface area (Å²) in [5.41, 5.74) is 2.49. The molecule has 200 valence electrons. The SMILES string of the molecule is CCCN(CCC)C(=O)c1cccc(C(=O)N[C@@H](Cc2ccccc2)C(O)C(=O)NCc2ccccc2)c1. The lowest BCUT2D eigenvalue weighted by Crippen LogP contribution is -2.51. The molecule has 0 bridgehead atoms. The number of nitrogens with one attached hydrogen (secondary N) is 2. The highest BCUT2D eigenvalue weighted by molar-refractivity contribution is 6.00. The van der Waals surface area contributed by atoms with Crippen LogP contribution in [0.1, 0.15) is 58.5 Å². The molecular formula is C31H37N3O4. The molecular weight excluding hydrogens is 478 g/mol. The van der Waals surface area contributed by atoms with E-state index in [0.717, 1.165) is 24.0 Å². The van der Waals surface area contributed by atoms with Gasteiger partial charge in [-0.2, -0.15) is 0 Å². The highest BCUT2D eigenvalue weighted by atomic mass is 16.3. The Balaban J connectivity index is 1.76.